The third-order valence-electron chi connectivity index (χ3n) is 2.91. The van der Waals surface area contributed by atoms with Crippen LogP contribution >= 0.6 is 11.8 Å². The molecule has 2 aromatic rings. The number of aromatic nitrogens is 2. The number of halogens is 1. The molecule has 2 N–H and O–H groups in total. The molecule has 22 heavy (non-hydrogen) atoms. The second kappa shape index (κ2) is 7.22. The summed E-state index contributed by atoms with van der Waals surface area (Å²) in [5, 5.41) is 0.468. The van der Waals surface area contributed by atoms with Crippen molar-refractivity contribution in [3.8, 4) is 0 Å². The lowest BCUT2D eigenvalue weighted by Crippen LogP contribution is -2.10. The Kier molecular flexibility index (Phi) is 5.32. The van der Waals surface area contributed by atoms with E-state index in [0.29, 0.717) is 5.16 Å². The van der Waals surface area contributed by atoms with Crippen LogP contribution in [0.2, 0.25) is 0 Å². The van der Waals surface area contributed by atoms with Crippen LogP contribution in [0.15, 0.2) is 35.6 Å². The van der Waals surface area contributed by atoms with Gasteiger partial charge in [-0.2, -0.15) is 0 Å². The van der Waals surface area contributed by atoms with Crippen LogP contribution in [-0.4, -0.2) is 22.5 Å². The van der Waals surface area contributed by atoms with E-state index in [4.69, 9.17) is 10.5 Å². The number of nitrogens with zero attached hydrogens (tertiary/aromatic N) is 2. The molecule has 0 aliphatic heterocycles. The van der Waals surface area contributed by atoms with Crippen LogP contribution in [0.3, 0.4) is 0 Å². The van der Waals surface area contributed by atoms with E-state index in [1.165, 1.54) is 30.1 Å². The van der Waals surface area contributed by atoms with Crippen molar-refractivity contribution in [2.75, 3.05) is 12.3 Å². The summed E-state index contributed by atoms with van der Waals surface area (Å²) in [7, 11) is 0. The van der Waals surface area contributed by atoms with E-state index >= 15 is 0 Å². The molecule has 0 spiro atoms. The van der Waals surface area contributed by atoms with E-state index in [1.54, 1.807) is 19.1 Å². The fraction of sp³-hybridized carbons (Fsp3) is 0.267. The molecule has 1 aromatic heterocycles. The van der Waals surface area contributed by atoms with Crippen LogP contribution in [0.1, 0.15) is 35.0 Å². The fourth-order valence-electron chi connectivity index (χ4n) is 1.76. The van der Waals surface area contributed by atoms with Crippen LogP contribution in [0, 0.1) is 5.82 Å². The van der Waals surface area contributed by atoms with Crippen molar-refractivity contribution < 1.29 is 13.9 Å². The van der Waals surface area contributed by atoms with Crippen molar-refractivity contribution in [2.45, 2.75) is 24.3 Å². The standard InChI is InChI=1S/C15H16FN3O2S/c1-3-21-14(20)12-8-18-15(19-13(12)17)22-9(2)10-4-6-11(16)7-5-10/h4-9H,3H2,1-2H3,(H2,17,18,19)/t9-/m1/s1. The first-order valence-corrected chi connectivity index (χ1v) is 7.61. The Balaban J connectivity index is 2.11. The van der Waals surface area contributed by atoms with Crippen LogP contribution in [0.4, 0.5) is 10.2 Å². The summed E-state index contributed by atoms with van der Waals surface area (Å²) < 4.78 is 17.8. The van der Waals surface area contributed by atoms with Gasteiger partial charge in [0.1, 0.15) is 17.2 Å². The van der Waals surface area contributed by atoms with Gasteiger partial charge in [-0.15, -0.1) is 0 Å². The number of nitrogen functional groups attached to an aromatic ring is 1. The molecule has 0 aliphatic rings. The molecule has 0 amide bonds. The second-order valence-corrected chi connectivity index (χ2v) is 5.79. The quantitative estimate of drug-likeness (QED) is 0.517. The molecular weight excluding hydrogens is 305 g/mol. The highest BCUT2D eigenvalue weighted by Crippen LogP contribution is 2.33. The van der Waals surface area contributed by atoms with E-state index in [1.807, 2.05) is 6.92 Å². The van der Waals surface area contributed by atoms with Gasteiger partial charge < -0.3 is 10.5 Å². The number of hydrogen-bond acceptors (Lipinski definition) is 6. The van der Waals surface area contributed by atoms with Gasteiger partial charge in [0.25, 0.3) is 0 Å². The van der Waals surface area contributed by atoms with Crippen LogP contribution in [-0.2, 0) is 4.74 Å². The maximum atomic E-state index is 12.9. The number of rotatable bonds is 5. The minimum absolute atomic E-state index is 0.0217. The molecule has 1 heterocycles. The molecule has 0 fully saturated rings. The third-order valence-corrected chi connectivity index (χ3v) is 3.95. The highest BCUT2D eigenvalue weighted by molar-refractivity contribution is 7.99. The molecule has 0 radical (unpaired) electrons. The monoisotopic (exact) mass is 321 g/mol. The van der Waals surface area contributed by atoms with Gasteiger partial charge >= 0.3 is 5.97 Å². The van der Waals surface area contributed by atoms with E-state index < -0.39 is 5.97 Å². The number of esters is 1. The lowest BCUT2D eigenvalue weighted by atomic mass is 10.2. The maximum Gasteiger partial charge on any atom is 0.343 e. The van der Waals surface area contributed by atoms with Crippen molar-refractivity contribution in [2.24, 2.45) is 0 Å². The summed E-state index contributed by atoms with van der Waals surface area (Å²) in [5.41, 5.74) is 6.87. The molecule has 0 saturated carbocycles. The summed E-state index contributed by atoms with van der Waals surface area (Å²) in [6, 6.07) is 6.24. The average Bonchev–Trinajstić information content (AvgIpc) is 2.48. The number of benzene rings is 1. The Morgan fingerprint density at radius 3 is 2.68 bits per heavy atom. The fourth-order valence-corrected chi connectivity index (χ4v) is 2.63. The first-order valence-electron chi connectivity index (χ1n) is 6.73. The Bertz CT molecular complexity index is 664. The molecule has 0 unspecified atom stereocenters. The molecule has 5 nitrogen and oxygen atoms in total. The van der Waals surface area contributed by atoms with Crippen molar-refractivity contribution in [3.63, 3.8) is 0 Å². The van der Waals surface area contributed by atoms with E-state index in [-0.39, 0.29) is 29.1 Å². The lowest BCUT2D eigenvalue weighted by Gasteiger charge is -2.11. The minimum atomic E-state index is -0.539. The molecule has 1 aromatic carbocycles. The smallest absolute Gasteiger partial charge is 0.343 e. The highest BCUT2D eigenvalue weighted by Gasteiger charge is 2.15. The highest BCUT2D eigenvalue weighted by atomic mass is 32.2. The topological polar surface area (TPSA) is 78.1 Å². The van der Waals surface area contributed by atoms with Gasteiger partial charge in [-0.1, -0.05) is 23.9 Å². The first-order chi connectivity index (χ1) is 10.5. The van der Waals surface area contributed by atoms with Gasteiger partial charge in [0.05, 0.1) is 6.61 Å². The van der Waals surface area contributed by atoms with E-state index in [9.17, 15) is 9.18 Å². The predicted octanol–water partition coefficient (Wildman–Crippen LogP) is 3.23. The largest absolute Gasteiger partial charge is 0.462 e. The molecule has 2 rings (SSSR count). The number of carbonyl (C=O) groups excluding carboxylic acids is 1. The van der Waals surface area contributed by atoms with Crippen LogP contribution in [0.5, 0.6) is 0 Å². The zero-order chi connectivity index (χ0) is 16.1. The average molecular weight is 321 g/mol. The number of carbonyl (C=O) groups is 1. The zero-order valence-corrected chi connectivity index (χ0v) is 13.1. The second-order valence-electron chi connectivity index (χ2n) is 4.48. The minimum Gasteiger partial charge on any atom is -0.462 e. The van der Waals surface area contributed by atoms with Crippen molar-refractivity contribution in [1.82, 2.24) is 9.97 Å². The van der Waals surface area contributed by atoms with Gasteiger partial charge in [0, 0.05) is 11.4 Å². The molecule has 1 atom stereocenters. The van der Waals surface area contributed by atoms with Crippen molar-refractivity contribution in [3.05, 3.63) is 47.4 Å². The Hall–Kier alpha value is -2.15. The molecule has 0 saturated heterocycles. The summed E-state index contributed by atoms with van der Waals surface area (Å²) in [5.74, 6) is -0.731. The molecule has 116 valence electrons. The zero-order valence-electron chi connectivity index (χ0n) is 12.2. The summed E-state index contributed by atoms with van der Waals surface area (Å²) in [6.45, 7) is 3.93. The molecule has 0 bridgehead atoms. The normalized spacial score (nSPS) is 12.0. The maximum absolute atomic E-state index is 12.9. The van der Waals surface area contributed by atoms with Gasteiger partial charge in [0.15, 0.2) is 5.16 Å². The van der Waals surface area contributed by atoms with Crippen molar-refractivity contribution >= 4 is 23.5 Å². The Labute approximate surface area is 132 Å². The summed E-state index contributed by atoms with van der Waals surface area (Å²) in [6.07, 6.45) is 1.36. The SMILES string of the molecule is CCOC(=O)c1cnc(S[C@H](C)c2ccc(F)cc2)nc1N. The number of hydrogen-bond donors (Lipinski definition) is 1. The Morgan fingerprint density at radius 2 is 2.09 bits per heavy atom. The van der Waals surface area contributed by atoms with Crippen LogP contribution < -0.4 is 5.73 Å². The number of nitrogens with two attached hydrogens (primary N) is 1. The summed E-state index contributed by atoms with van der Waals surface area (Å²) in [4.78, 5) is 19.9. The predicted molar refractivity (Wildman–Crippen MR) is 83.1 cm³/mol. The summed E-state index contributed by atoms with van der Waals surface area (Å²) >= 11 is 1.37. The van der Waals surface area contributed by atoms with Gasteiger partial charge in [0.2, 0.25) is 0 Å². The molecular formula is C15H16FN3O2S. The van der Waals surface area contributed by atoms with Gasteiger partial charge in [-0.25, -0.2) is 19.2 Å². The number of thioether (sulfide) groups is 1. The number of anilines is 1. The van der Waals surface area contributed by atoms with E-state index in [2.05, 4.69) is 9.97 Å². The molecule has 7 heteroatoms. The molecule has 0 aliphatic carbocycles. The van der Waals surface area contributed by atoms with Gasteiger partial charge in [-0.05, 0) is 31.5 Å². The van der Waals surface area contributed by atoms with E-state index in [0.717, 1.165) is 5.56 Å². The lowest BCUT2D eigenvalue weighted by molar-refractivity contribution is 0.0526. The van der Waals surface area contributed by atoms with Crippen LogP contribution in [0.25, 0.3) is 0 Å². The Morgan fingerprint density at radius 1 is 1.41 bits per heavy atom. The third kappa shape index (κ3) is 3.94. The first kappa shape index (κ1) is 16.2. The van der Waals surface area contributed by atoms with Gasteiger partial charge in [-0.3, -0.25) is 0 Å². The number of ether oxygens (including phenoxy) is 1. The van der Waals surface area contributed by atoms with Crippen molar-refractivity contribution in [1.29, 1.82) is 0 Å².